The van der Waals surface area contributed by atoms with Crippen molar-refractivity contribution in [1.29, 1.82) is 0 Å². The highest BCUT2D eigenvalue weighted by Gasteiger charge is 2.24. The van der Waals surface area contributed by atoms with E-state index >= 15 is 0 Å². The summed E-state index contributed by atoms with van der Waals surface area (Å²) in [5.74, 6) is 0.684. The molecule has 1 aliphatic rings. The highest BCUT2D eigenvalue weighted by Crippen LogP contribution is 2.18. The molecule has 0 spiro atoms. The Morgan fingerprint density at radius 1 is 1.64 bits per heavy atom. The predicted molar refractivity (Wildman–Crippen MR) is 47.3 cm³/mol. The van der Waals surface area contributed by atoms with Crippen LogP contribution in [0.15, 0.2) is 0 Å². The minimum absolute atomic E-state index is 0.324. The Hall–Kier alpha value is -0.120. The summed E-state index contributed by atoms with van der Waals surface area (Å²) in [6, 6.07) is 0.324. The molecular weight excluding hydrogens is 138 g/mol. The third-order valence-corrected chi connectivity index (χ3v) is 2.53. The first kappa shape index (κ1) is 8.97. The number of rotatable bonds is 3. The van der Waals surface area contributed by atoms with E-state index in [0.717, 1.165) is 19.5 Å². The summed E-state index contributed by atoms with van der Waals surface area (Å²) in [7, 11) is 2.15. The predicted octanol–water partition coefficient (Wildman–Crippen LogP) is -0.386. The molecule has 1 fully saturated rings. The summed E-state index contributed by atoms with van der Waals surface area (Å²) in [5.41, 5.74) is 11.4. The van der Waals surface area contributed by atoms with Crippen LogP contribution in [0.4, 0.5) is 0 Å². The largest absolute Gasteiger partial charge is 0.330 e. The molecule has 0 radical (unpaired) electrons. The van der Waals surface area contributed by atoms with Crippen molar-refractivity contribution in [3.05, 3.63) is 0 Å². The Morgan fingerprint density at radius 2 is 2.36 bits per heavy atom. The zero-order chi connectivity index (χ0) is 8.27. The van der Waals surface area contributed by atoms with Gasteiger partial charge in [0.1, 0.15) is 0 Å². The fraction of sp³-hybridized carbons (Fsp3) is 1.00. The van der Waals surface area contributed by atoms with Crippen LogP contribution in [-0.2, 0) is 0 Å². The highest BCUT2D eigenvalue weighted by atomic mass is 15.1. The van der Waals surface area contributed by atoms with E-state index in [9.17, 15) is 0 Å². The van der Waals surface area contributed by atoms with Gasteiger partial charge in [-0.1, -0.05) is 0 Å². The van der Waals surface area contributed by atoms with Crippen LogP contribution in [0.2, 0.25) is 0 Å². The first-order valence-electron chi connectivity index (χ1n) is 4.38. The van der Waals surface area contributed by atoms with Crippen LogP contribution < -0.4 is 11.5 Å². The summed E-state index contributed by atoms with van der Waals surface area (Å²) in [6.45, 7) is 3.07. The lowest BCUT2D eigenvalue weighted by Crippen LogP contribution is -2.33. The van der Waals surface area contributed by atoms with Gasteiger partial charge >= 0.3 is 0 Å². The molecular formula is C8H19N3. The Bertz CT molecular complexity index is 116. The molecule has 0 aromatic rings. The molecule has 1 rings (SSSR count). The van der Waals surface area contributed by atoms with E-state index in [2.05, 4.69) is 11.9 Å². The zero-order valence-corrected chi connectivity index (χ0v) is 7.29. The molecule has 66 valence electrons. The first-order valence-corrected chi connectivity index (χ1v) is 4.38. The molecule has 3 nitrogen and oxygen atoms in total. The first-order chi connectivity index (χ1) is 5.24. The van der Waals surface area contributed by atoms with Crippen molar-refractivity contribution in [3.63, 3.8) is 0 Å². The van der Waals surface area contributed by atoms with E-state index in [1.54, 1.807) is 0 Å². The second kappa shape index (κ2) is 4.04. The molecule has 1 heterocycles. The average Bonchev–Trinajstić information content (AvgIpc) is 2.36. The third kappa shape index (κ3) is 2.43. The number of hydrogen-bond donors (Lipinski definition) is 2. The minimum atomic E-state index is 0.324. The van der Waals surface area contributed by atoms with Crippen LogP contribution in [0, 0.1) is 5.92 Å². The summed E-state index contributed by atoms with van der Waals surface area (Å²) in [6.07, 6.45) is 2.22. The van der Waals surface area contributed by atoms with Crippen molar-refractivity contribution < 1.29 is 0 Å². The van der Waals surface area contributed by atoms with E-state index < -0.39 is 0 Å². The van der Waals surface area contributed by atoms with Gasteiger partial charge in [-0.3, -0.25) is 0 Å². The Balaban J connectivity index is 2.25. The Kier molecular flexibility index (Phi) is 3.30. The summed E-state index contributed by atoms with van der Waals surface area (Å²) in [5, 5.41) is 0. The third-order valence-electron chi connectivity index (χ3n) is 2.53. The van der Waals surface area contributed by atoms with Crippen LogP contribution in [0.1, 0.15) is 12.8 Å². The molecule has 0 aromatic heterocycles. The fourth-order valence-corrected chi connectivity index (χ4v) is 1.75. The summed E-state index contributed by atoms with van der Waals surface area (Å²) >= 11 is 0. The molecule has 11 heavy (non-hydrogen) atoms. The maximum atomic E-state index is 5.95. The second-order valence-corrected chi connectivity index (χ2v) is 3.55. The normalized spacial score (nSPS) is 29.2. The van der Waals surface area contributed by atoms with Gasteiger partial charge in [-0.05, 0) is 38.9 Å². The van der Waals surface area contributed by atoms with Crippen LogP contribution >= 0.6 is 0 Å². The molecule has 3 heteroatoms. The van der Waals surface area contributed by atoms with Crippen molar-refractivity contribution in [2.75, 3.05) is 26.7 Å². The summed E-state index contributed by atoms with van der Waals surface area (Å²) in [4.78, 5) is 2.33. The molecule has 0 bridgehead atoms. The molecule has 0 saturated carbocycles. The van der Waals surface area contributed by atoms with E-state index in [0.29, 0.717) is 12.0 Å². The SMILES string of the molecule is CN1CCC(C(N)CCN)C1. The quantitative estimate of drug-likeness (QED) is 0.587. The zero-order valence-electron chi connectivity index (χ0n) is 7.29. The lowest BCUT2D eigenvalue weighted by Gasteiger charge is -2.17. The average molecular weight is 157 g/mol. The van der Waals surface area contributed by atoms with Gasteiger partial charge in [0.2, 0.25) is 0 Å². The maximum absolute atomic E-state index is 5.95. The van der Waals surface area contributed by atoms with Crippen molar-refractivity contribution in [2.24, 2.45) is 17.4 Å². The van der Waals surface area contributed by atoms with Crippen LogP contribution in [0.5, 0.6) is 0 Å². The number of likely N-dealkylation sites (tertiary alicyclic amines) is 1. The van der Waals surface area contributed by atoms with Crippen molar-refractivity contribution in [3.8, 4) is 0 Å². The fourth-order valence-electron chi connectivity index (χ4n) is 1.75. The van der Waals surface area contributed by atoms with Gasteiger partial charge in [-0.15, -0.1) is 0 Å². The molecule has 1 saturated heterocycles. The minimum Gasteiger partial charge on any atom is -0.330 e. The standard InChI is InChI=1S/C8H19N3/c1-11-5-3-7(6-11)8(10)2-4-9/h7-8H,2-6,9-10H2,1H3. The van der Waals surface area contributed by atoms with Gasteiger partial charge < -0.3 is 16.4 Å². The van der Waals surface area contributed by atoms with Gasteiger partial charge in [0.05, 0.1) is 0 Å². The molecule has 0 amide bonds. The lowest BCUT2D eigenvalue weighted by atomic mass is 9.97. The molecule has 1 aliphatic heterocycles. The summed E-state index contributed by atoms with van der Waals surface area (Å²) < 4.78 is 0. The lowest BCUT2D eigenvalue weighted by molar-refractivity contribution is 0.363. The van der Waals surface area contributed by atoms with Crippen LogP contribution in [-0.4, -0.2) is 37.6 Å². The van der Waals surface area contributed by atoms with E-state index in [4.69, 9.17) is 11.5 Å². The van der Waals surface area contributed by atoms with Gasteiger partial charge in [-0.2, -0.15) is 0 Å². The highest BCUT2D eigenvalue weighted by molar-refractivity contribution is 4.81. The van der Waals surface area contributed by atoms with E-state index in [1.165, 1.54) is 13.0 Å². The van der Waals surface area contributed by atoms with Gasteiger partial charge in [0, 0.05) is 12.6 Å². The number of nitrogens with two attached hydrogens (primary N) is 2. The smallest absolute Gasteiger partial charge is 0.00918 e. The van der Waals surface area contributed by atoms with Crippen molar-refractivity contribution in [2.45, 2.75) is 18.9 Å². The molecule has 2 unspecified atom stereocenters. The number of hydrogen-bond acceptors (Lipinski definition) is 3. The van der Waals surface area contributed by atoms with Crippen molar-refractivity contribution in [1.82, 2.24) is 4.90 Å². The van der Waals surface area contributed by atoms with Crippen LogP contribution in [0.25, 0.3) is 0 Å². The Morgan fingerprint density at radius 3 is 2.82 bits per heavy atom. The maximum Gasteiger partial charge on any atom is 0.00918 e. The number of nitrogens with zero attached hydrogens (tertiary/aromatic N) is 1. The van der Waals surface area contributed by atoms with E-state index in [1.807, 2.05) is 0 Å². The van der Waals surface area contributed by atoms with Crippen molar-refractivity contribution >= 4 is 0 Å². The topological polar surface area (TPSA) is 55.3 Å². The van der Waals surface area contributed by atoms with E-state index in [-0.39, 0.29) is 0 Å². The molecule has 0 aliphatic carbocycles. The molecule has 0 aromatic carbocycles. The molecule has 4 N–H and O–H groups in total. The van der Waals surface area contributed by atoms with Gasteiger partial charge in [0.15, 0.2) is 0 Å². The second-order valence-electron chi connectivity index (χ2n) is 3.55. The Labute approximate surface area is 68.7 Å². The van der Waals surface area contributed by atoms with Gasteiger partial charge in [0.25, 0.3) is 0 Å². The van der Waals surface area contributed by atoms with Crippen LogP contribution in [0.3, 0.4) is 0 Å². The monoisotopic (exact) mass is 157 g/mol. The van der Waals surface area contributed by atoms with Gasteiger partial charge in [-0.25, -0.2) is 0 Å². The molecule has 2 atom stereocenters.